The Morgan fingerprint density at radius 2 is 1.54 bits per heavy atom. The minimum Gasteiger partial charge on any atom is -0.756 e. The van der Waals surface area contributed by atoms with Crippen LogP contribution in [0.1, 0.15) is 78.1 Å². The van der Waals surface area contributed by atoms with Crippen molar-refractivity contribution in [2.24, 2.45) is 5.92 Å². The topological polar surface area (TPSA) is 58.6 Å². The smallest absolute Gasteiger partial charge is 0.271 e. The van der Waals surface area contributed by atoms with Crippen molar-refractivity contribution in [1.82, 2.24) is 0 Å². The highest BCUT2D eigenvalue weighted by atomic mass is 32.2. The summed E-state index contributed by atoms with van der Waals surface area (Å²) in [6.45, 7) is 7.65. The van der Waals surface area contributed by atoms with Crippen LogP contribution in [0.25, 0.3) is 0 Å². The fraction of sp³-hybridized carbons (Fsp3) is 0.944. The number of hydrogen-bond acceptors (Lipinski definition) is 5. The number of phosphoric ester groups is 1. The van der Waals surface area contributed by atoms with Crippen molar-refractivity contribution in [1.29, 1.82) is 0 Å². The van der Waals surface area contributed by atoms with Gasteiger partial charge in [-0.25, -0.2) is 0 Å². The lowest BCUT2D eigenvalue weighted by Crippen LogP contribution is -2.14. The van der Waals surface area contributed by atoms with Gasteiger partial charge in [-0.3, -0.25) is 9.09 Å². The molecule has 0 aromatic rings. The van der Waals surface area contributed by atoms with Crippen LogP contribution in [0.4, 0.5) is 0 Å². The summed E-state index contributed by atoms with van der Waals surface area (Å²) >= 11 is 1.88. The average Bonchev–Trinajstić information content (AvgIpc) is 2.54. The molecule has 0 spiro atoms. The van der Waals surface area contributed by atoms with Gasteiger partial charge in [-0.15, -0.1) is 0 Å². The maximum absolute atomic E-state index is 11.2. The van der Waals surface area contributed by atoms with Gasteiger partial charge >= 0.3 is 0 Å². The lowest BCUT2D eigenvalue weighted by Gasteiger charge is -2.22. The Morgan fingerprint density at radius 3 is 2.08 bits per heavy atom. The fourth-order valence-corrected chi connectivity index (χ4v) is 4.20. The van der Waals surface area contributed by atoms with Crippen LogP contribution in [-0.4, -0.2) is 24.7 Å². The van der Waals surface area contributed by atoms with Crippen LogP contribution in [0.15, 0.2) is 0 Å². The Hall–Kier alpha value is 0.330. The molecule has 0 N–H and O–H groups in total. The van der Waals surface area contributed by atoms with E-state index in [-0.39, 0.29) is 19.1 Å². The van der Waals surface area contributed by atoms with E-state index >= 15 is 0 Å². The summed E-state index contributed by atoms with van der Waals surface area (Å²) in [5.74, 6) is 2.27. The predicted octanol–water partition coefficient (Wildman–Crippen LogP) is 5.61. The summed E-state index contributed by atoms with van der Waals surface area (Å²) in [4.78, 5) is 11.2. The standard InChI is InChI=1S/C18H37O4PS/c1-4-6-7-8-9-10-11-12-13-14-15-24-17-18(3)16-22-23(19,20)21-5-2/h18H,2,4-17H2,1,3H3. The van der Waals surface area contributed by atoms with E-state index in [9.17, 15) is 9.46 Å². The third kappa shape index (κ3) is 17.2. The van der Waals surface area contributed by atoms with E-state index in [1.165, 1.54) is 64.2 Å². The SMILES string of the molecule is [CH2+]COP(=O)([O-])OCC(C)CSCCCCCCCCCCCC. The highest BCUT2D eigenvalue weighted by Gasteiger charge is 2.12. The van der Waals surface area contributed by atoms with Crippen molar-refractivity contribution in [3.63, 3.8) is 0 Å². The first-order valence-corrected chi connectivity index (χ1v) is 12.1. The molecule has 0 radical (unpaired) electrons. The molecule has 0 aromatic carbocycles. The molecule has 0 rings (SSSR count). The van der Waals surface area contributed by atoms with Gasteiger partial charge in [-0.05, 0) is 23.8 Å². The van der Waals surface area contributed by atoms with E-state index in [1.54, 1.807) is 0 Å². The summed E-state index contributed by atoms with van der Waals surface area (Å²) in [5.41, 5.74) is 0. The number of phosphoric acid groups is 1. The van der Waals surface area contributed by atoms with Crippen LogP contribution in [-0.2, 0) is 13.6 Å². The molecule has 24 heavy (non-hydrogen) atoms. The lowest BCUT2D eigenvalue weighted by atomic mass is 10.1. The van der Waals surface area contributed by atoms with E-state index in [4.69, 9.17) is 4.52 Å². The normalized spacial score (nSPS) is 15.3. The van der Waals surface area contributed by atoms with Gasteiger partial charge < -0.3 is 9.42 Å². The van der Waals surface area contributed by atoms with E-state index in [2.05, 4.69) is 18.4 Å². The molecule has 0 heterocycles. The first-order valence-electron chi connectivity index (χ1n) is 9.49. The minimum absolute atomic E-state index is 0.122. The van der Waals surface area contributed by atoms with Gasteiger partial charge in [0.2, 0.25) is 0 Å². The number of unbranched alkanes of at least 4 members (excludes halogenated alkanes) is 9. The van der Waals surface area contributed by atoms with Gasteiger partial charge in [0.15, 0.2) is 6.61 Å². The van der Waals surface area contributed by atoms with Crippen LogP contribution in [0.2, 0.25) is 0 Å². The number of thioether (sulfide) groups is 1. The summed E-state index contributed by atoms with van der Waals surface area (Å²) in [5, 5.41) is 0. The van der Waals surface area contributed by atoms with Crippen molar-refractivity contribution < 1.29 is 18.5 Å². The zero-order valence-electron chi connectivity index (χ0n) is 15.7. The fourth-order valence-electron chi connectivity index (χ4n) is 2.39. The van der Waals surface area contributed by atoms with Crippen molar-refractivity contribution in [3.8, 4) is 0 Å². The quantitative estimate of drug-likeness (QED) is 0.176. The molecule has 0 aliphatic rings. The highest BCUT2D eigenvalue weighted by molar-refractivity contribution is 7.99. The summed E-state index contributed by atoms with van der Waals surface area (Å²) in [6, 6.07) is 0. The van der Waals surface area contributed by atoms with Gasteiger partial charge in [-0.1, -0.05) is 71.6 Å². The molecule has 144 valence electrons. The molecule has 2 atom stereocenters. The third-order valence-corrected chi connectivity index (χ3v) is 6.16. The van der Waals surface area contributed by atoms with Crippen LogP contribution < -0.4 is 4.89 Å². The Morgan fingerprint density at radius 1 is 1.00 bits per heavy atom. The zero-order valence-corrected chi connectivity index (χ0v) is 17.4. The molecule has 0 bridgehead atoms. The molecule has 0 aliphatic carbocycles. The summed E-state index contributed by atoms with van der Waals surface area (Å²) in [7, 11) is -4.14. The lowest BCUT2D eigenvalue weighted by molar-refractivity contribution is -0.225. The second-order valence-corrected chi connectivity index (χ2v) is 9.00. The molecule has 2 unspecified atom stereocenters. The second kappa shape index (κ2) is 16.8. The molecular weight excluding hydrogens is 343 g/mol. The molecule has 0 saturated heterocycles. The number of hydrogen-bond donors (Lipinski definition) is 0. The van der Waals surface area contributed by atoms with Crippen LogP contribution in [0.3, 0.4) is 0 Å². The van der Waals surface area contributed by atoms with Crippen LogP contribution in [0, 0.1) is 12.8 Å². The Balaban J connectivity index is 3.30. The van der Waals surface area contributed by atoms with E-state index < -0.39 is 7.82 Å². The largest absolute Gasteiger partial charge is 0.756 e. The number of rotatable bonds is 18. The van der Waals surface area contributed by atoms with E-state index in [0.29, 0.717) is 0 Å². The maximum atomic E-state index is 11.2. The molecule has 4 nitrogen and oxygen atoms in total. The maximum Gasteiger partial charge on any atom is 0.271 e. The minimum atomic E-state index is -4.14. The van der Waals surface area contributed by atoms with Crippen LogP contribution in [0.5, 0.6) is 0 Å². The third-order valence-electron chi connectivity index (χ3n) is 3.81. The van der Waals surface area contributed by atoms with Crippen molar-refractivity contribution in [3.05, 3.63) is 6.92 Å². The van der Waals surface area contributed by atoms with Crippen LogP contribution >= 0.6 is 19.6 Å². The Bertz CT molecular complexity index is 315. The van der Waals surface area contributed by atoms with E-state index in [1.807, 2.05) is 18.7 Å². The summed E-state index contributed by atoms with van der Waals surface area (Å²) < 4.78 is 20.5. The molecule has 0 fully saturated rings. The summed E-state index contributed by atoms with van der Waals surface area (Å²) in [6.07, 6.45) is 13.6. The van der Waals surface area contributed by atoms with Gasteiger partial charge in [0.05, 0.1) is 13.5 Å². The molecule has 0 aromatic heterocycles. The molecule has 0 saturated carbocycles. The van der Waals surface area contributed by atoms with Crippen molar-refractivity contribution in [2.75, 3.05) is 24.7 Å². The Kier molecular flexibility index (Phi) is 17.0. The molecule has 0 amide bonds. The molecule has 0 aliphatic heterocycles. The zero-order chi connectivity index (χ0) is 18.1. The highest BCUT2D eigenvalue weighted by Crippen LogP contribution is 2.38. The van der Waals surface area contributed by atoms with Gasteiger partial charge in [-0.2, -0.15) is 11.8 Å². The van der Waals surface area contributed by atoms with E-state index in [0.717, 1.165) is 11.5 Å². The average molecular weight is 381 g/mol. The Labute approximate surface area is 154 Å². The molecular formula is C18H37O4PS. The first kappa shape index (κ1) is 24.3. The van der Waals surface area contributed by atoms with Crippen molar-refractivity contribution >= 4 is 19.6 Å². The van der Waals surface area contributed by atoms with Gasteiger partial charge in [0.25, 0.3) is 7.82 Å². The predicted molar refractivity (Wildman–Crippen MR) is 103 cm³/mol. The first-order chi connectivity index (χ1) is 11.5. The van der Waals surface area contributed by atoms with Gasteiger partial charge in [0, 0.05) is 0 Å². The van der Waals surface area contributed by atoms with Gasteiger partial charge in [0.1, 0.15) is 0 Å². The monoisotopic (exact) mass is 380 g/mol. The second-order valence-electron chi connectivity index (χ2n) is 6.44. The van der Waals surface area contributed by atoms with Crippen molar-refractivity contribution in [2.45, 2.75) is 78.1 Å². The molecule has 6 heteroatoms.